The van der Waals surface area contributed by atoms with Crippen molar-refractivity contribution in [2.45, 2.75) is 24.3 Å². The predicted octanol–water partition coefficient (Wildman–Crippen LogP) is 2.66. The van der Waals surface area contributed by atoms with Gasteiger partial charge in [-0.05, 0) is 19.1 Å². The summed E-state index contributed by atoms with van der Waals surface area (Å²) in [7, 11) is 0. The largest absolute Gasteiger partial charge is 0.326 e. The van der Waals surface area contributed by atoms with Gasteiger partial charge in [-0.3, -0.25) is 0 Å². The van der Waals surface area contributed by atoms with E-state index in [1.807, 2.05) is 6.07 Å². The Morgan fingerprint density at radius 3 is 2.87 bits per heavy atom. The van der Waals surface area contributed by atoms with Gasteiger partial charge in [0.05, 0.1) is 0 Å². The minimum atomic E-state index is -0.184. The van der Waals surface area contributed by atoms with Gasteiger partial charge in [-0.1, -0.05) is 12.1 Å². The molecule has 1 nitrogen and oxygen atoms in total. The summed E-state index contributed by atoms with van der Waals surface area (Å²) in [4.78, 5) is 0.650. The molecular weight excluding hydrogens is 209 g/mol. The summed E-state index contributed by atoms with van der Waals surface area (Å²) in [6.07, 6.45) is 0.665. The molecule has 0 aromatic heterocycles. The normalized spacial score (nSPS) is 11.7. The van der Waals surface area contributed by atoms with Gasteiger partial charge < -0.3 is 5.73 Å². The number of thioether (sulfide) groups is 1. The minimum Gasteiger partial charge on any atom is -0.326 e. The maximum absolute atomic E-state index is 13.2. The average molecular weight is 223 g/mol. The number of hydrogen-bond acceptors (Lipinski definition) is 2. The van der Waals surface area contributed by atoms with Crippen LogP contribution in [-0.2, 0) is 0 Å². The zero-order chi connectivity index (χ0) is 11.1. The van der Waals surface area contributed by atoms with Crippen LogP contribution in [0.4, 0.5) is 4.39 Å². The monoisotopic (exact) mass is 223 g/mol. The van der Waals surface area contributed by atoms with E-state index < -0.39 is 0 Å². The molecule has 80 valence electrons. The zero-order valence-corrected chi connectivity index (χ0v) is 9.48. The Kier molecular flexibility index (Phi) is 5.23. The summed E-state index contributed by atoms with van der Waals surface area (Å²) >= 11 is 1.44. The van der Waals surface area contributed by atoms with Gasteiger partial charge in [-0.15, -0.1) is 23.6 Å². The number of hydrogen-bond donors (Lipinski definition) is 1. The fraction of sp³-hybridized carbons (Fsp3) is 0.333. The third kappa shape index (κ3) is 4.37. The smallest absolute Gasteiger partial charge is 0.136 e. The molecular formula is C12H14FNS. The van der Waals surface area contributed by atoms with Crippen LogP contribution in [0, 0.1) is 17.7 Å². The molecule has 0 aliphatic carbocycles. The Hall–Kier alpha value is -0.980. The van der Waals surface area contributed by atoms with E-state index in [0.717, 1.165) is 0 Å². The maximum Gasteiger partial charge on any atom is 0.136 e. The predicted molar refractivity (Wildman–Crippen MR) is 63.2 cm³/mol. The van der Waals surface area contributed by atoms with Gasteiger partial charge in [0, 0.05) is 23.1 Å². The van der Waals surface area contributed by atoms with Crippen molar-refractivity contribution in [2.24, 2.45) is 5.73 Å². The highest BCUT2D eigenvalue weighted by atomic mass is 32.2. The highest BCUT2D eigenvalue weighted by Gasteiger charge is 2.05. The SMILES string of the molecule is CC#CCC(N)CSc1ccccc1F. The molecule has 1 rings (SSSR count). The fourth-order valence-electron chi connectivity index (χ4n) is 1.05. The zero-order valence-electron chi connectivity index (χ0n) is 8.66. The molecule has 0 radical (unpaired) electrons. The Balaban J connectivity index is 2.42. The van der Waals surface area contributed by atoms with E-state index in [0.29, 0.717) is 17.1 Å². The lowest BCUT2D eigenvalue weighted by Crippen LogP contribution is -2.21. The lowest BCUT2D eigenvalue weighted by Gasteiger charge is -2.07. The fourth-order valence-corrected chi connectivity index (χ4v) is 1.94. The minimum absolute atomic E-state index is 0.00190. The average Bonchev–Trinajstić information content (AvgIpc) is 2.25. The molecule has 0 aliphatic heterocycles. The molecule has 3 heteroatoms. The van der Waals surface area contributed by atoms with Crippen molar-refractivity contribution in [3.63, 3.8) is 0 Å². The highest BCUT2D eigenvalue weighted by Crippen LogP contribution is 2.21. The Morgan fingerprint density at radius 1 is 1.47 bits per heavy atom. The molecule has 1 aromatic carbocycles. The second-order valence-corrected chi connectivity index (χ2v) is 4.19. The van der Waals surface area contributed by atoms with Crippen molar-refractivity contribution >= 4 is 11.8 Å². The van der Waals surface area contributed by atoms with E-state index in [4.69, 9.17) is 5.73 Å². The Morgan fingerprint density at radius 2 is 2.20 bits per heavy atom. The van der Waals surface area contributed by atoms with Crippen molar-refractivity contribution in [2.75, 3.05) is 5.75 Å². The summed E-state index contributed by atoms with van der Waals surface area (Å²) in [5.74, 6) is 6.22. The van der Waals surface area contributed by atoms with Gasteiger partial charge in [0.1, 0.15) is 5.82 Å². The molecule has 0 saturated heterocycles. The van der Waals surface area contributed by atoms with Crippen molar-refractivity contribution in [1.82, 2.24) is 0 Å². The van der Waals surface area contributed by atoms with Crippen LogP contribution in [0.3, 0.4) is 0 Å². The van der Waals surface area contributed by atoms with E-state index in [9.17, 15) is 4.39 Å². The summed E-state index contributed by atoms with van der Waals surface area (Å²) in [6, 6.07) is 6.73. The van der Waals surface area contributed by atoms with Gasteiger partial charge in [0.25, 0.3) is 0 Å². The number of halogens is 1. The lowest BCUT2D eigenvalue weighted by atomic mass is 10.2. The molecule has 0 fully saturated rings. The second kappa shape index (κ2) is 6.49. The van der Waals surface area contributed by atoms with Gasteiger partial charge in [0.2, 0.25) is 0 Å². The highest BCUT2D eigenvalue weighted by molar-refractivity contribution is 7.99. The molecule has 0 heterocycles. The first kappa shape index (κ1) is 12.1. The van der Waals surface area contributed by atoms with Gasteiger partial charge in [0.15, 0.2) is 0 Å². The molecule has 15 heavy (non-hydrogen) atoms. The van der Waals surface area contributed by atoms with E-state index >= 15 is 0 Å². The van der Waals surface area contributed by atoms with Crippen LogP contribution in [0.1, 0.15) is 13.3 Å². The summed E-state index contributed by atoms with van der Waals surface area (Å²) < 4.78 is 13.2. The van der Waals surface area contributed by atoms with Crippen LogP contribution in [0.5, 0.6) is 0 Å². The number of benzene rings is 1. The van der Waals surface area contributed by atoms with Crippen LogP contribution in [0.25, 0.3) is 0 Å². The topological polar surface area (TPSA) is 26.0 Å². The van der Waals surface area contributed by atoms with Crippen molar-refractivity contribution in [1.29, 1.82) is 0 Å². The standard InChI is InChI=1S/C12H14FNS/c1-2-3-6-10(14)9-15-12-8-5-4-7-11(12)13/h4-5,7-8,10H,6,9,14H2,1H3. The second-order valence-electron chi connectivity index (χ2n) is 3.13. The van der Waals surface area contributed by atoms with Crippen LogP contribution >= 0.6 is 11.8 Å². The van der Waals surface area contributed by atoms with Gasteiger partial charge in [-0.2, -0.15) is 0 Å². The van der Waals surface area contributed by atoms with E-state index in [1.165, 1.54) is 17.8 Å². The Labute approximate surface area is 94.2 Å². The summed E-state index contributed by atoms with van der Waals surface area (Å²) in [5, 5.41) is 0. The molecule has 0 spiro atoms. The first-order valence-corrected chi connectivity index (χ1v) is 5.75. The van der Waals surface area contributed by atoms with Crippen molar-refractivity contribution in [3.05, 3.63) is 30.1 Å². The van der Waals surface area contributed by atoms with Crippen LogP contribution in [0.2, 0.25) is 0 Å². The molecule has 1 aromatic rings. The van der Waals surface area contributed by atoms with Crippen LogP contribution in [0.15, 0.2) is 29.2 Å². The molecule has 0 aliphatic rings. The van der Waals surface area contributed by atoms with Crippen molar-refractivity contribution in [3.8, 4) is 11.8 Å². The van der Waals surface area contributed by atoms with E-state index in [2.05, 4.69) is 11.8 Å². The first-order valence-electron chi connectivity index (χ1n) is 4.76. The molecule has 2 N–H and O–H groups in total. The van der Waals surface area contributed by atoms with Gasteiger partial charge in [-0.25, -0.2) is 4.39 Å². The van der Waals surface area contributed by atoms with Crippen LogP contribution < -0.4 is 5.73 Å². The lowest BCUT2D eigenvalue weighted by molar-refractivity contribution is 0.601. The number of rotatable bonds is 4. The summed E-state index contributed by atoms with van der Waals surface area (Å²) in [5.41, 5.74) is 5.81. The molecule has 0 bridgehead atoms. The molecule has 0 amide bonds. The Bertz CT molecular complexity index is 367. The first-order chi connectivity index (χ1) is 7.24. The third-order valence-corrected chi connectivity index (χ3v) is 3.07. The number of nitrogens with two attached hydrogens (primary N) is 1. The maximum atomic E-state index is 13.2. The van der Waals surface area contributed by atoms with Crippen molar-refractivity contribution < 1.29 is 4.39 Å². The molecule has 0 saturated carbocycles. The summed E-state index contributed by atoms with van der Waals surface area (Å²) in [6.45, 7) is 1.79. The molecule has 1 atom stereocenters. The quantitative estimate of drug-likeness (QED) is 0.627. The molecule has 1 unspecified atom stereocenters. The van der Waals surface area contributed by atoms with E-state index in [-0.39, 0.29) is 11.9 Å². The third-order valence-electron chi connectivity index (χ3n) is 1.83. The van der Waals surface area contributed by atoms with Crippen LogP contribution in [-0.4, -0.2) is 11.8 Å². The van der Waals surface area contributed by atoms with Gasteiger partial charge >= 0.3 is 0 Å². The van der Waals surface area contributed by atoms with E-state index in [1.54, 1.807) is 19.1 Å².